The van der Waals surface area contributed by atoms with Gasteiger partial charge in [0, 0.05) is 22.2 Å². The fraction of sp³-hybridized carbons (Fsp3) is 1.00. The van der Waals surface area contributed by atoms with E-state index in [1.165, 1.54) is 32.1 Å². The maximum Gasteiger partial charge on any atom is 0.0158 e. The molecule has 2 aliphatic rings. The summed E-state index contributed by atoms with van der Waals surface area (Å²) in [4.78, 5) is 0. The predicted octanol–water partition coefficient (Wildman–Crippen LogP) is 6.79. The van der Waals surface area contributed by atoms with E-state index in [9.17, 15) is 0 Å². The molecule has 2 aliphatic heterocycles. The van der Waals surface area contributed by atoms with Crippen LogP contribution < -0.4 is 10.6 Å². The Balaban J connectivity index is 0.000000271. The van der Waals surface area contributed by atoms with Crippen molar-refractivity contribution >= 4 is 0 Å². The molecule has 2 rings (SSSR count). The quantitative estimate of drug-likeness (QED) is 0.563. The lowest BCUT2D eigenvalue weighted by Gasteiger charge is -2.49. The minimum absolute atomic E-state index is 0.316. The second kappa shape index (κ2) is 8.74. The van der Waals surface area contributed by atoms with Gasteiger partial charge in [0.2, 0.25) is 0 Å². The van der Waals surface area contributed by atoms with E-state index < -0.39 is 0 Å². The van der Waals surface area contributed by atoms with Crippen LogP contribution in [0.1, 0.15) is 115 Å². The van der Waals surface area contributed by atoms with Crippen molar-refractivity contribution in [2.75, 3.05) is 0 Å². The van der Waals surface area contributed by atoms with E-state index in [2.05, 4.69) is 93.7 Å². The molecular weight excluding hydrogens is 328 g/mol. The summed E-state index contributed by atoms with van der Waals surface area (Å²) in [6.07, 6.45) is 6.52. The molecule has 2 nitrogen and oxygen atoms in total. The molecule has 0 aromatic rings. The van der Waals surface area contributed by atoms with Gasteiger partial charge in [-0.25, -0.2) is 0 Å². The molecule has 0 amide bonds. The lowest BCUT2D eigenvalue weighted by atomic mass is 9.70. The third-order valence-electron chi connectivity index (χ3n) is 7.01. The van der Waals surface area contributed by atoms with Gasteiger partial charge in [0.1, 0.15) is 0 Å². The number of rotatable bonds is 3. The van der Waals surface area contributed by atoms with Crippen molar-refractivity contribution in [2.24, 2.45) is 23.7 Å². The molecule has 2 saturated heterocycles. The summed E-state index contributed by atoms with van der Waals surface area (Å²) in [7, 11) is 0. The highest BCUT2D eigenvalue weighted by Gasteiger charge is 2.40. The van der Waals surface area contributed by atoms with E-state index in [1.807, 2.05) is 0 Å². The van der Waals surface area contributed by atoms with Gasteiger partial charge < -0.3 is 10.6 Å². The molecule has 0 aromatic carbocycles. The first-order valence-electron chi connectivity index (χ1n) is 11.6. The van der Waals surface area contributed by atoms with Gasteiger partial charge in [-0.05, 0) is 104 Å². The lowest BCUT2D eigenvalue weighted by Crippen LogP contribution is -2.59. The molecule has 0 radical (unpaired) electrons. The molecule has 2 heterocycles. The molecule has 27 heavy (non-hydrogen) atoms. The Labute approximate surface area is 172 Å². The summed E-state index contributed by atoms with van der Waals surface area (Å²) in [5.74, 6) is 3.41. The topological polar surface area (TPSA) is 24.1 Å². The highest BCUT2D eigenvalue weighted by atomic mass is 15.1. The molecule has 2 heteroatoms. The van der Waals surface area contributed by atoms with Gasteiger partial charge in [0.25, 0.3) is 0 Å². The van der Waals surface area contributed by atoms with Crippen LogP contribution in [0.4, 0.5) is 0 Å². The first kappa shape index (κ1) is 25.0. The maximum absolute atomic E-state index is 3.80. The second-order valence-electron chi connectivity index (χ2n) is 12.6. The van der Waals surface area contributed by atoms with E-state index in [-0.39, 0.29) is 0 Å². The average molecular weight is 381 g/mol. The van der Waals surface area contributed by atoms with Crippen LogP contribution in [0.5, 0.6) is 0 Å². The van der Waals surface area contributed by atoms with Crippen LogP contribution in [0, 0.1) is 23.7 Å². The molecule has 0 aliphatic carbocycles. The Kier molecular flexibility index (Phi) is 8.08. The summed E-state index contributed by atoms with van der Waals surface area (Å²) in [5.41, 5.74) is 1.31. The van der Waals surface area contributed by atoms with Gasteiger partial charge >= 0.3 is 0 Å². The molecule has 0 aromatic heterocycles. The van der Waals surface area contributed by atoms with Crippen LogP contribution >= 0.6 is 0 Å². The number of hydrogen-bond acceptors (Lipinski definition) is 2. The van der Waals surface area contributed by atoms with Gasteiger partial charge in [-0.2, -0.15) is 0 Å². The highest BCUT2D eigenvalue weighted by molar-refractivity contribution is 4.99. The van der Waals surface area contributed by atoms with Gasteiger partial charge in [-0.3, -0.25) is 0 Å². The highest BCUT2D eigenvalue weighted by Crippen LogP contribution is 2.38. The molecule has 2 N–H and O–H groups in total. The predicted molar refractivity (Wildman–Crippen MR) is 122 cm³/mol. The lowest BCUT2D eigenvalue weighted by molar-refractivity contribution is 0.0889. The SMILES string of the molecule is CC(C)C1CC(C)(C)NC(C)(C)C1.CCC1(C)CC(C(C)C)CC(C)(C)N1. The van der Waals surface area contributed by atoms with Crippen LogP contribution in [0.15, 0.2) is 0 Å². The van der Waals surface area contributed by atoms with E-state index in [0.717, 1.165) is 23.7 Å². The molecule has 2 unspecified atom stereocenters. The molecule has 2 atom stereocenters. The van der Waals surface area contributed by atoms with Crippen molar-refractivity contribution in [3.8, 4) is 0 Å². The standard InChI is InChI=1S/C13H27N.C12H25N/c1-7-13(6)9-11(10(2)3)8-12(4,5)14-13;1-9(2)10-7-11(3,4)13-12(5,6)8-10/h10-11,14H,7-9H2,1-6H3;9-10,13H,7-8H2,1-6H3. The zero-order chi connectivity index (χ0) is 21.3. The first-order chi connectivity index (χ1) is 12.0. The van der Waals surface area contributed by atoms with Crippen molar-refractivity contribution in [3.63, 3.8) is 0 Å². The minimum Gasteiger partial charge on any atom is -0.307 e. The van der Waals surface area contributed by atoms with E-state index in [1.54, 1.807) is 0 Å². The van der Waals surface area contributed by atoms with E-state index in [0.29, 0.717) is 22.2 Å². The first-order valence-corrected chi connectivity index (χ1v) is 11.6. The fourth-order valence-electron chi connectivity index (χ4n) is 5.80. The maximum atomic E-state index is 3.80. The van der Waals surface area contributed by atoms with E-state index in [4.69, 9.17) is 0 Å². The Hall–Kier alpha value is -0.0800. The van der Waals surface area contributed by atoms with Gasteiger partial charge in [-0.15, -0.1) is 0 Å². The van der Waals surface area contributed by atoms with Crippen LogP contribution in [0.25, 0.3) is 0 Å². The van der Waals surface area contributed by atoms with Gasteiger partial charge in [0.15, 0.2) is 0 Å². The summed E-state index contributed by atoms with van der Waals surface area (Å²) in [6.45, 7) is 28.1. The zero-order valence-electron chi connectivity index (χ0n) is 20.8. The van der Waals surface area contributed by atoms with Crippen LogP contribution in [0.2, 0.25) is 0 Å². The Morgan fingerprint density at radius 3 is 1.30 bits per heavy atom. The van der Waals surface area contributed by atoms with Crippen LogP contribution in [-0.4, -0.2) is 22.2 Å². The van der Waals surface area contributed by atoms with Crippen molar-refractivity contribution in [1.82, 2.24) is 10.6 Å². The number of piperidine rings is 2. The fourth-order valence-corrected chi connectivity index (χ4v) is 5.80. The third kappa shape index (κ3) is 8.05. The van der Waals surface area contributed by atoms with Gasteiger partial charge in [-0.1, -0.05) is 34.6 Å². The van der Waals surface area contributed by atoms with Crippen molar-refractivity contribution < 1.29 is 0 Å². The molecule has 0 saturated carbocycles. The van der Waals surface area contributed by atoms with Crippen molar-refractivity contribution in [1.29, 1.82) is 0 Å². The Morgan fingerprint density at radius 1 is 0.630 bits per heavy atom. The summed E-state index contributed by atoms with van der Waals surface area (Å²) in [6, 6.07) is 0. The van der Waals surface area contributed by atoms with Gasteiger partial charge in [0.05, 0.1) is 0 Å². The third-order valence-corrected chi connectivity index (χ3v) is 7.01. The molecule has 2 fully saturated rings. The molecular formula is C25H52N2. The average Bonchev–Trinajstić information content (AvgIpc) is 2.42. The Bertz CT molecular complexity index is 445. The number of hydrogen-bond donors (Lipinski definition) is 2. The monoisotopic (exact) mass is 380 g/mol. The summed E-state index contributed by atoms with van der Waals surface area (Å²) in [5, 5.41) is 7.52. The van der Waals surface area contributed by atoms with Crippen LogP contribution in [0.3, 0.4) is 0 Å². The summed E-state index contributed by atoms with van der Waals surface area (Å²) < 4.78 is 0. The second-order valence-corrected chi connectivity index (χ2v) is 12.6. The van der Waals surface area contributed by atoms with Crippen LogP contribution in [-0.2, 0) is 0 Å². The Morgan fingerprint density at radius 2 is 0.963 bits per heavy atom. The smallest absolute Gasteiger partial charge is 0.0158 e. The summed E-state index contributed by atoms with van der Waals surface area (Å²) >= 11 is 0. The normalized spacial score (nSPS) is 32.9. The van der Waals surface area contributed by atoms with Crippen molar-refractivity contribution in [3.05, 3.63) is 0 Å². The minimum atomic E-state index is 0.316. The number of nitrogens with one attached hydrogen (secondary N) is 2. The molecule has 0 bridgehead atoms. The largest absolute Gasteiger partial charge is 0.307 e. The molecule has 0 spiro atoms. The zero-order valence-corrected chi connectivity index (χ0v) is 20.8. The molecule has 162 valence electrons. The van der Waals surface area contributed by atoms with Crippen molar-refractivity contribution in [2.45, 2.75) is 137 Å². The van der Waals surface area contributed by atoms with E-state index >= 15 is 0 Å².